The van der Waals surface area contributed by atoms with Crippen molar-refractivity contribution >= 4 is 5.78 Å². The number of benzene rings is 1. The van der Waals surface area contributed by atoms with Crippen molar-refractivity contribution in [2.24, 2.45) is 11.8 Å². The molecule has 0 saturated heterocycles. The third kappa shape index (κ3) is 1.67. The highest BCUT2D eigenvalue weighted by molar-refractivity contribution is 6.01. The summed E-state index contributed by atoms with van der Waals surface area (Å²) in [6.45, 7) is 2.02. The van der Waals surface area contributed by atoms with Crippen LogP contribution in [-0.2, 0) is 6.42 Å². The highest BCUT2D eigenvalue weighted by Gasteiger charge is 2.36. The van der Waals surface area contributed by atoms with Gasteiger partial charge in [-0.15, -0.1) is 0 Å². The number of methoxy groups -OCH3 is 1. The lowest BCUT2D eigenvalue weighted by atomic mass is 9.70. The van der Waals surface area contributed by atoms with E-state index in [1.54, 1.807) is 7.11 Å². The van der Waals surface area contributed by atoms with E-state index in [2.05, 4.69) is 12.2 Å². The third-order valence-corrected chi connectivity index (χ3v) is 4.21. The Morgan fingerprint density at radius 1 is 1.22 bits per heavy atom. The molecular weight excluding hydrogens is 224 g/mol. The van der Waals surface area contributed by atoms with Crippen molar-refractivity contribution in [2.45, 2.75) is 26.2 Å². The van der Waals surface area contributed by atoms with Gasteiger partial charge in [0, 0.05) is 17.0 Å². The first-order valence-electron chi connectivity index (χ1n) is 6.57. The fourth-order valence-corrected chi connectivity index (χ4v) is 3.27. The van der Waals surface area contributed by atoms with E-state index in [0.29, 0.717) is 11.7 Å². The molecule has 2 atom stereocenters. The second kappa shape index (κ2) is 4.27. The molecule has 3 rings (SSSR count). The molecule has 1 aromatic rings. The minimum atomic E-state index is 0.189. The van der Waals surface area contributed by atoms with Gasteiger partial charge < -0.3 is 4.74 Å². The molecule has 0 heterocycles. The van der Waals surface area contributed by atoms with Gasteiger partial charge in [-0.25, -0.2) is 0 Å². The maximum Gasteiger partial charge on any atom is 0.166 e. The molecule has 2 heteroatoms. The number of hydrogen-bond donors (Lipinski definition) is 0. The van der Waals surface area contributed by atoms with E-state index in [0.717, 1.165) is 41.7 Å². The molecule has 2 aliphatic carbocycles. The van der Waals surface area contributed by atoms with Crippen LogP contribution >= 0.6 is 0 Å². The summed E-state index contributed by atoms with van der Waals surface area (Å²) in [5.41, 5.74) is 3.11. The number of Topliss-reactive ketones (excluding diaryl/α,β-unsaturated/α-hetero) is 1. The average Bonchev–Trinajstić information content (AvgIpc) is 2.39. The maximum atomic E-state index is 12.6. The molecular formula is C16H18O2. The molecule has 2 nitrogen and oxygen atoms in total. The summed E-state index contributed by atoms with van der Waals surface area (Å²) >= 11 is 0. The van der Waals surface area contributed by atoms with Gasteiger partial charge >= 0.3 is 0 Å². The molecule has 1 aromatic carbocycles. The minimum Gasteiger partial charge on any atom is -0.496 e. The number of fused-ring (bicyclic) bond motifs is 2. The first-order chi connectivity index (χ1) is 8.70. The van der Waals surface area contributed by atoms with Crippen molar-refractivity contribution < 1.29 is 9.53 Å². The average molecular weight is 242 g/mol. The van der Waals surface area contributed by atoms with Crippen LogP contribution in [0.25, 0.3) is 0 Å². The summed E-state index contributed by atoms with van der Waals surface area (Å²) in [5.74, 6) is 1.85. The number of carbonyl (C=O) groups is 1. The Labute approximate surface area is 108 Å². The molecule has 0 N–H and O–H groups in total. The second-order valence-corrected chi connectivity index (χ2v) is 5.37. The van der Waals surface area contributed by atoms with Gasteiger partial charge in [-0.1, -0.05) is 12.2 Å². The number of hydrogen-bond acceptors (Lipinski definition) is 2. The zero-order valence-electron chi connectivity index (χ0n) is 10.9. The fraction of sp³-hybridized carbons (Fsp3) is 0.438. The maximum absolute atomic E-state index is 12.6. The fourth-order valence-electron chi connectivity index (χ4n) is 3.27. The van der Waals surface area contributed by atoms with Gasteiger partial charge in [0.25, 0.3) is 0 Å². The van der Waals surface area contributed by atoms with Crippen molar-refractivity contribution in [3.05, 3.63) is 41.0 Å². The molecule has 0 amide bonds. The Kier molecular flexibility index (Phi) is 2.73. The van der Waals surface area contributed by atoms with Crippen molar-refractivity contribution in [1.29, 1.82) is 0 Å². The van der Waals surface area contributed by atoms with Gasteiger partial charge in [-0.3, -0.25) is 4.79 Å². The lowest BCUT2D eigenvalue weighted by Crippen LogP contribution is -2.32. The topological polar surface area (TPSA) is 26.3 Å². The number of aryl methyl sites for hydroxylation is 1. The second-order valence-electron chi connectivity index (χ2n) is 5.37. The van der Waals surface area contributed by atoms with E-state index in [1.807, 2.05) is 19.1 Å². The van der Waals surface area contributed by atoms with E-state index < -0.39 is 0 Å². The smallest absolute Gasteiger partial charge is 0.166 e. The van der Waals surface area contributed by atoms with E-state index in [1.165, 1.54) is 0 Å². The third-order valence-electron chi connectivity index (χ3n) is 4.21. The van der Waals surface area contributed by atoms with Crippen LogP contribution in [0.15, 0.2) is 24.3 Å². The molecule has 18 heavy (non-hydrogen) atoms. The number of ether oxygens (including phenoxy) is 1. The summed E-state index contributed by atoms with van der Waals surface area (Å²) in [6, 6.07) is 4.06. The van der Waals surface area contributed by atoms with E-state index in [4.69, 9.17) is 4.74 Å². The first kappa shape index (κ1) is 11.5. The van der Waals surface area contributed by atoms with Gasteiger partial charge in [0.2, 0.25) is 0 Å². The lowest BCUT2D eigenvalue weighted by Gasteiger charge is -2.33. The summed E-state index contributed by atoms with van der Waals surface area (Å²) in [4.78, 5) is 12.6. The van der Waals surface area contributed by atoms with Crippen LogP contribution in [0, 0.1) is 18.8 Å². The van der Waals surface area contributed by atoms with Crippen molar-refractivity contribution in [2.75, 3.05) is 7.11 Å². The Hall–Kier alpha value is -1.57. The van der Waals surface area contributed by atoms with Crippen molar-refractivity contribution in [3.8, 4) is 5.75 Å². The number of allylic oxidation sites excluding steroid dienone is 2. The Morgan fingerprint density at radius 2 is 2.00 bits per heavy atom. The van der Waals surface area contributed by atoms with Crippen LogP contribution in [-0.4, -0.2) is 12.9 Å². The molecule has 0 radical (unpaired) electrons. The van der Waals surface area contributed by atoms with Gasteiger partial charge in [-0.05, 0) is 49.8 Å². The van der Waals surface area contributed by atoms with E-state index >= 15 is 0 Å². The Morgan fingerprint density at radius 3 is 2.78 bits per heavy atom. The van der Waals surface area contributed by atoms with E-state index in [9.17, 15) is 4.79 Å². The van der Waals surface area contributed by atoms with Crippen LogP contribution in [0.5, 0.6) is 5.75 Å². The molecule has 0 fully saturated rings. The van der Waals surface area contributed by atoms with Gasteiger partial charge in [0.15, 0.2) is 5.78 Å². The van der Waals surface area contributed by atoms with Crippen LogP contribution < -0.4 is 4.74 Å². The van der Waals surface area contributed by atoms with Crippen LogP contribution in [0.1, 0.15) is 34.3 Å². The molecule has 2 aliphatic rings. The summed E-state index contributed by atoms with van der Waals surface area (Å²) in [7, 11) is 1.69. The van der Waals surface area contributed by atoms with Gasteiger partial charge in [-0.2, -0.15) is 0 Å². The van der Waals surface area contributed by atoms with Crippen LogP contribution in [0.2, 0.25) is 0 Å². The SMILES string of the molecule is COc1cc(C)cc2c1C[C@H]1CC=CC[C@H]1C2=O. The lowest BCUT2D eigenvalue weighted by molar-refractivity contribution is 0.0847. The zero-order chi connectivity index (χ0) is 12.7. The van der Waals surface area contributed by atoms with Gasteiger partial charge in [0.05, 0.1) is 7.11 Å². The summed E-state index contributed by atoms with van der Waals surface area (Å²) in [6.07, 6.45) is 7.25. The first-order valence-corrected chi connectivity index (χ1v) is 6.57. The van der Waals surface area contributed by atoms with Crippen molar-refractivity contribution in [1.82, 2.24) is 0 Å². The number of rotatable bonds is 1. The van der Waals surface area contributed by atoms with Gasteiger partial charge in [0.1, 0.15) is 5.75 Å². The largest absolute Gasteiger partial charge is 0.496 e. The van der Waals surface area contributed by atoms with E-state index in [-0.39, 0.29) is 5.92 Å². The van der Waals surface area contributed by atoms with Crippen LogP contribution in [0.3, 0.4) is 0 Å². The standard InChI is InChI=1S/C16H18O2/c1-10-7-14-13(15(8-10)18-2)9-11-5-3-4-6-12(11)16(14)17/h3-4,7-8,11-12H,5-6,9H2,1-2H3/t11-,12-/m1/s1. The summed E-state index contributed by atoms with van der Waals surface area (Å²) in [5, 5.41) is 0. The normalized spacial score (nSPS) is 25.6. The highest BCUT2D eigenvalue weighted by Crippen LogP contribution is 2.40. The minimum absolute atomic E-state index is 0.189. The molecule has 0 bridgehead atoms. The summed E-state index contributed by atoms with van der Waals surface area (Å²) < 4.78 is 5.45. The molecule has 94 valence electrons. The predicted octanol–water partition coefficient (Wildman–Crippen LogP) is 3.32. The molecule has 0 saturated carbocycles. The predicted molar refractivity (Wildman–Crippen MR) is 71.1 cm³/mol. The number of carbonyl (C=O) groups excluding carboxylic acids is 1. The number of ketones is 1. The molecule has 0 unspecified atom stereocenters. The van der Waals surface area contributed by atoms with Crippen molar-refractivity contribution in [3.63, 3.8) is 0 Å². The quantitative estimate of drug-likeness (QED) is 0.706. The molecule has 0 aliphatic heterocycles. The zero-order valence-corrected chi connectivity index (χ0v) is 10.9. The molecule has 0 aromatic heterocycles. The molecule has 0 spiro atoms. The highest BCUT2D eigenvalue weighted by atomic mass is 16.5. The Bertz CT molecular complexity index is 528. The Balaban J connectivity index is 2.11. The van der Waals surface area contributed by atoms with Crippen LogP contribution in [0.4, 0.5) is 0 Å². The monoisotopic (exact) mass is 242 g/mol.